The molecule has 0 aliphatic carbocycles. The molecule has 0 atom stereocenters. The summed E-state index contributed by atoms with van der Waals surface area (Å²) in [6, 6.07) is 5.25. The second-order valence-corrected chi connectivity index (χ2v) is 3.94. The number of ether oxygens (including phenoxy) is 1. The summed E-state index contributed by atoms with van der Waals surface area (Å²) in [6.07, 6.45) is 3.63. The summed E-state index contributed by atoms with van der Waals surface area (Å²) in [5.74, 6) is -0.0122. The van der Waals surface area contributed by atoms with Crippen LogP contribution in [-0.2, 0) is 0 Å². The molecule has 0 unspecified atom stereocenters. The van der Waals surface area contributed by atoms with Crippen molar-refractivity contribution in [3.8, 4) is 11.4 Å². The van der Waals surface area contributed by atoms with Crippen molar-refractivity contribution in [1.29, 1.82) is 0 Å². The van der Waals surface area contributed by atoms with E-state index in [1.165, 1.54) is 0 Å². The van der Waals surface area contributed by atoms with Crippen molar-refractivity contribution in [2.24, 2.45) is 5.73 Å². The van der Waals surface area contributed by atoms with Gasteiger partial charge in [-0.25, -0.2) is 4.68 Å². The maximum Gasteiger partial charge on any atom is 0.252 e. The van der Waals surface area contributed by atoms with E-state index in [1.54, 1.807) is 23.0 Å². The van der Waals surface area contributed by atoms with Crippen LogP contribution >= 0.6 is 0 Å². The number of hydrogen-bond donors (Lipinski definition) is 1. The van der Waals surface area contributed by atoms with Crippen LogP contribution in [0.3, 0.4) is 0 Å². The molecule has 0 aliphatic heterocycles. The van der Waals surface area contributed by atoms with E-state index in [2.05, 4.69) is 5.10 Å². The van der Waals surface area contributed by atoms with Gasteiger partial charge in [-0.3, -0.25) is 4.79 Å². The summed E-state index contributed by atoms with van der Waals surface area (Å²) in [5, 5.41) is 4.19. The molecule has 2 rings (SSSR count). The topological polar surface area (TPSA) is 70.1 Å². The Labute approximate surface area is 105 Å². The number of aromatic nitrogens is 2. The fourth-order valence-corrected chi connectivity index (χ4v) is 1.69. The maximum absolute atomic E-state index is 11.4. The van der Waals surface area contributed by atoms with Gasteiger partial charge in [0.2, 0.25) is 0 Å². The Kier molecular flexibility index (Phi) is 3.32. The Morgan fingerprint density at radius 3 is 2.83 bits per heavy atom. The van der Waals surface area contributed by atoms with Crippen molar-refractivity contribution < 1.29 is 9.53 Å². The number of hydrogen-bond acceptors (Lipinski definition) is 3. The number of amides is 1. The second-order valence-electron chi connectivity index (χ2n) is 3.94. The normalized spacial score (nSPS) is 10.3. The molecule has 18 heavy (non-hydrogen) atoms. The van der Waals surface area contributed by atoms with Crippen molar-refractivity contribution >= 4 is 5.91 Å². The largest absolute Gasteiger partial charge is 0.493 e. The zero-order chi connectivity index (χ0) is 13.1. The Bertz CT molecular complexity index is 575. The lowest BCUT2D eigenvalue weighted by molar-refractivity contribution is 0.0996. The highest BCUT2D eigenvalue weighted by atomic mass is 16.5. The average Bonchev–Trinajstić information content (AvgIpc) is 2.76. The molecule has 5 heteroatoms. The first-order valence-corrected chi connectivity index (χ1v) is 5.70. The molecule has 5 nitrogen and oxygen atoms in total. The molecule has 1 heterocycles. The standard InChI is InChI=1S/C13H15N3O2/c1-3-18-12-5-4-10(6-11(12)13(14)17)16-8-9(2)7-15-16/h4-8H,3H2,1-2H3,(H2,14,17). The molecule has 0 saturated carbocycles. The SMILES string of the molecule is CCOc1ccc(-n2cc(C)cn2)cc1C(N)=O. The van der Waals surface area contributed by atoms with Crippen molar-refractivity contribution in [2.75, 3.05) is 6.61 Å². The Morgan fingerprint density at radius 1 is 1.50 bits per heavy atom. The van der Waals surface area contributed by atoms with E-state index in [4.69, 9.17) is 10.5 Å². The van der Waals surface area contributed by atoms with E-state index in [-0.39, 0.29) is 0 Å². The van der Waals surface area contributed by atoms with Gasteiger partial charge in [0, 0.05) is 6.20 Å². The fourth-order valence-electron chi connectivity index (χ4n) is 1.69. The maximum atomic E-state index is 11.4. The van der Waals surface area contributed by atoms with Crippen LogP contribution < -0.4 is 10.5 Å². The van der Waals surface area contributed by atoms with Gasteiger partial charge in [-0.1, -0.05) is 0 Å². The minimum Gasteiger partial charge on any atom is -0.493 e. The summed E-state index contributed by atoms with van der Waals surface area (Å²) in [7, 11) is 0. The first-order chi connectivity index (χ1) is 8.61. The molecular formula is C13H15N3O2. The second kappa shape index (κ2) is 4.91. The first-order valence-electron chi connectivity index (χ1n) is 5.70. The van der Waals surface area contributed by atoms with E-state index < -0.39 is 5.91 Å². The van der Waals surface area contributed by atoms with Crippen LogP contribution in [0.25, 0.3) is 5.69 Å². The van der Waals surface area contributed by atoms with Gasteiger partial charge >= 0.3 is 0 Å². The van der Waals surface area contributed by atoms with E-state index in [9.17, 15) is 4.79 Å². The van der Waals surface area contributed by atoms with Crippen LogP contribution in [0.4, 0.5) is 0 Å². The Hall–Kier alpha value is -2.30. The highest BCUT2D eigenvalue weighted by Crippen LogP contribution is 2.21. The highest BCUT2D eigenvalue weighted by Gasteiger charge is 2.11. The summed E-state index contributed by atoms with van der Waals surface area (Å²) >= 11 is 0. The third-order valence-corrected chi connectivity index (χ3v) is 2.50. The van der Waals surface area contributed by atoms with Crippen LogP contribution in [0.2, 0.25) is 0 Å². The minimum absolute atomic E-state index is 0.363. The number of rotatable bonds is 4. The van der Waals surface area contributed by atoms with E-state index in [1.807, 2.05) is 26.1 Å². The third-order valence-electron chi connectivity index (χ3n) is 2.50. The van der Waals surface area contributed by atoms with Gasteiger partial charge in [0.1, 0.15) is 5.75 Å². The molecule has 1 aromatic carbocycles. The zero-order valence-corrected chi connectivity index (χ0v) is 10.4. The molecule has 0 aliphatic rings. The fraction of sp³-hybridized carbons (Fsp3) is 0.231. The Morgan fingerprint density at radius 2 is 2.28 bits per heavy atom. The van der Waals surface area contributed by atoms with Gasteiger partial charge in [0.05, 0.1) is 24.1 Å². The average molecular weight is 245 g/mol. The number of primary amides is 1. The number of carbonyl (C=O) groups is 1. The molecule has 0 fully saturated rings. The van der Waals surface area contributed by atoms with E-state index >= 15 is 0 Å². The summed E-state index contributed by atoms with van der Waals surface area (Å²) in [6.45, 7) is 4.29. The van der Waals surface area contributed by atoms with E-state index in [0.29, 0.717) is 17.9 Å². The van der Waals surface area contributed by atoms with Gasteiger partial charge in [0.25, 0.3) is 5.91 Å². The highest BCUT2D eigenvalue weighted by molar-refractivity contribution is 5.96. The molecule has 2 N–H and O–H groups in total. The zero-order valence-electron chi connectivity index (χ0n) is 10.4. The Balaban J connectivity index is 2.46. The summed E-state index contributed by atoms with van der Waals surface area (Å²) in [4.78, 5) is 11.4. The molecular weight excluding hydrogens is 230 g/mol. The van der Waals surface area contributed by atoms with Crippen LogP contribution in [0.5, 0.6) is 5.75 Å². The quantitative estimate of drug-likeness (QED) is 0.890. The minimum atomic E-state index is -0.510. The predicted octanol–water partition coefficient (Wildman–Crippen LogP) is 1.68. The molecule has 94 valence electrons. The van der Waals surface area contributed by atoms with Gasteiger partial charge in [-0.15, -0.1) is 0 Å². The summed E-state index contributed by atoms with van der Waals surface area (Å²) < 4.78 is 7.06. The molecule has 0 spiro atoms. The molecule has 1 amide bonds. The van der Waals surface area contributed by atoms with Crippen molar-refractivity contribution in [3.05, 3.63) is 41.7 Å². The van der Waals surface area contributed by atoms with Gasteiger partial charge in [-0.2, -0.15) is 5.10 Å². The lowest BCUT2D eigenvalue weighted by Gasteiger charge is -2.09. The summed E-state index contributed by atoms with van der Waals surface area (Å²) in [5.41, 5.74) is 7.54. The van der Waals surface area contributed by atoms with E-state index in [0.717, 1.165) is 11.3 Å². The first kappa shape index (κ1) is 12.2. The number of aryl methyl sites for hydroxylation is 1. The van der Waals surface area contributed by atoms with Crippen molar-refractivity contribution in [2.45, 2.75) is 13.8 Å². The number of benzene rings is 1. The number of nitrogens with two attached hydrogens (primary N) is 1. The monoisotopic (exact) mass is 245 g/mol. The van der Waals surface area contributed by atoms with Crippen LogP contribution in [0, 0.1) is 6.92 Å². The van der Waals surface area contributed by atoms with Crippen molar-refractivity contribution in [3.63, 3.8) is 0 Å². The molecule has 0 radical (unpaired) electrons. The van der Waals surface area contributed by atoms with Gasteiger partial charge in [-0.05, 0) is 37.6 Å². The number of carbonyl (C=O) groups excluding carboxylic acids is 1. The van der Waals surface area contributed by atoms with Crippen LogP contribution in [0.15, 0.2) is 30.6 Å². The lowest BCUT2D eigenvalue weighted by atomic mass is 10.1. The molecule has 0 bridgehead atoms. The van der Waals surface area contributed by atoms with Crippen LogP contribution in [-0.4, -0.2) is 22.3 Å². The molecule has 0 saturated heterocycles. The lowest BCUT2D eigenvalue weighted by Crippen LogP contribution is -2.14. The third kappa shape index (κ3) is 2.34. The predicted molar refractivity (Wildman–Crippen MR) is 68.0 cm³/mol. The number of nitrogens with zero attached hydrogens (tertiary/aromatic N) is 2. The van der Waals surface area contributed by atoms with Crippen LogP contribution in [0.1, 0.15) is 22.8 Å². The molecule has 1 aromatic heterocycles. The van der Waals surface area contributed by atoms with Crippen molar-refractivity contribution in [1.82, 2.24) is 9.78 Å². The molecule has 2 aromatic rings. The van der Waals surface area contributed by atoms with Gasteiger partial charge in [0.15, 0.2) is 0 Å². The van der Waals surface area contributed by atoms with Gasteiger partial charge < -0.3 is 10.5 Å². The smallest absolute Gasteiger partial charge is 0.252 e.